The zero-order valence-electron chi connectivity index (χ0n) is 10.6. The fourth-order valence-corrected chi connectivity index (χ4v) is 6.62. The van der Waals surface area contributed by atoms with Crippen LogP contribution in [0.25, 0.3) is 0 Å². The molecule has 0 aliphatic carbocycles. The molecule has 0 spiro atoms. The molecule has 0 aromatic heterocycles. The molecule has 0 radical (unpaired) electrons. The van der Waals surface area contributed by atoms with Crippen LogP contribution < -0.4 is 9.96 Å². The van der Waals surface area contributed by atoms with E-state index in [2.05, 4.69) is 44.6 Å². The molecule has 1 unspecified atom stereocenters. The van der Waals surface area contributed by atoms with Crippen molar-refractivity contribution in [2.24, 2.45) is 0 Å². The third kappa shape index (κ3) is 3.71. The van der Waals surface area contributed by atoms with Crippen LogP contribution in [-0.4, -0.2) is 21.5 Å². The highest BCUT2D eigenvalue weighted by molar-refractivity contribution is 6.76. The molecule has 0 rings (SSSR count). The summed E-state index contributed by atoms with van der Waals surface area (Å²) < 4.78 is 0. The Morgan fingerprint density at radius 1 is 1.00 bits per heavy atom. The molecule has 0 heterocycles. The first-order valence-corrected chi connectivity index (χ1v) is 8.45. The van der Waals surface area contributed by atoms with Crippen LogP contribution in [-0.2, 0) is 0 Å². The summed E-state index contributed by atoms with van der Waals surface area (Å²) in [6.07, 6.45) is 2.57. The average Bonchev–Trinajstić information content (AvgIpc) is 2.17. The number of nitrogens with one attached hydrogen (secondary N) is 2. The van der Waals surface area contributed by atoms with Crippen molar-refractivity contribution in [3.8, 4) is 0 Å². The maximum atomic E-state index is 3.78. The smallest absolute Gasteiger partial charge is 0.204 e. The van der Waals surface area contributed by atoms with Gasteiger partial charge in [0.25, 0.3) is 0 Å². The van der Waals surface area contributed by atoms with Crippen LogP contribution >= 0.6 is 0 Å². The lowest BCUT2D eigenvalue weighted by Crippen LogP contribution is -2.64. The molecule has 3 heteroatoms. The van der Waals surface area contributed by atoms with Crippen molar-refractivity contribution in [2.75, 3.05) is 13.1 Å². The fourth-order valence-electron chi connectivity index (χ4n) is 2.21. The maximum absolute atomic E-state index is 3.78. The van der Waals surface area contributed by atoms with Gasteiger partial charge in [-0.25, -0.2) is 0 Å². The molecular formula is C11H28N2Si. The average molecular weight is 216 g/mol. The number of hydrogen-bond acceptors (Lipinski definition) is 2. The van der Waals surface area contributed by atoms with E-state index >= 15 is 0 Å². The van der Waals surface area contributed by atoms with Crippen LogP contribution in [0.4, 0.5) is 0 Å². The van der Waals surface area contributed by atoms with Crippen molar-refractivity contribution < 1.29 is 0 Å². The maximum Gasteiger partial charge on any atom is 0.204 e. The molecule has 2 nitrogen and oxygen atoms in total. The summed E-state index contributed by atoms with van der Waals surface area (Å²) in [5.74, 6) is 0. The van der Waals surface area contributed by atoms with Gasteiger partial charge in [-0.05, 0) is 24.7 Å². The second kappa shape index (κ2) is 7.43. The van der Waals surface area contributed by atoms with E-state index in [1.807, 2.05) is 0 Å². The molecule has 86 valence electrons. The van der Waals surface area contributed by atoms with Crippen LogP contribution in [0.5, 0.6) is 0 Å². The zero-order valence-corrected chi connectivity index (χ0v) is 11.6. The molecule has 0 saturated heterocycles. The van der Waals surface area contributed by atoms with Gasteiger partial charge in [0.05, 0.1) is 0 Å². The Morgan fingerprint density at radius 3 is 1.79 bits per heavy atom. The van der Waals surface area contributed by atoms with Crippen molar-refractivity contribution in [2.45, 2.75) is 59.0 Å². The Balaban J connectivity index is 4.53. The quantitative estimate of drug-likeness (QED) is 0.610. The van der Waals surface area contributed by atoms with Gasteiger partial charge in [-0.1, -0.05) is 47.5 Å². The van der Waals surface area contributed by atoms with E-state index in [4.69, 9.17) is 0 Å². The summed E-state index contributed by atoms with van der Waals surface area (Å²) in [7, 11) is -1.40. The molecule has 0 bridgehead atoms. The summed E-state index contributed by atoms with van der Waals surface area (Å²) in [6.45, 7) is 13.6. The van der Waals surface area contributed by atoms with Crippen LogP contribution in [0, 0.1) is 0 Å². The van der Waals surface area contributed by atoms with Gasteiger partial charge in [0, 0.05) is 0 Å². The first kappa shape index (κ1) is 14.1. The van der Waals surface area contributed by atoms with Gasteiger partial charge in [-0.15, -0.1) is 0 Å². The predicted octanol–water partition coefficient (Wildman–Crippen LogP) is 2.86. The first-order chi connectivity index (χ1) is 6.66. The molecule has 0 fully saturated rings. The minimum absolute atomic E-state index is 0.822. The molecule has 2 N–H and O–H groups in total. The van der Waals surface area contributed by atoms with E-state index in [1.165, 1.54) is 18.9 Å². The Kier molecular flexibility index (Phi) is 7.50. The van der Waals surface area contributed by atoms with E-state index in [0.717, 1.165) is 18.6 Å². The van der Waals surface area contributed by atoms with Crippen LogP contribution in [0.2, 0.25) is 11.6 Å². The van der Waals surface area contributed by atoms with E-state index in [-0.39, 0.29) is 0 Å². The lowest BCUT2D eigenvalue weighted by Gasteiger charge is -2.37. The second-order valence-electron chi connectivity index (χ2n) is 4.09. The van der Waals surface area contributed by atoms with Crippen molar-refractivity contribution in [1.29, 1.82) is 0 Å². The third-order valence-corrected chi connectivity index (χ3v) is 8.43. The normalized spacial score (nSPS) is 14.4. The van der Waals surface area contributed by atoms with E-state index in [9.17, 15) is 0 Å². The standard InChI is InChI=1S/C11H28N2Si/c1-6-10-14(12-8-3,13-9-4)11(5)7-2/h11-13H,6-10H2,1-5H3. The van der Waals surface area contributed by atoms with Gasteiger partial charge in [0.1, 0.15) is 0 Å². The number of rotatable bonds is 8. The molecule has 1 atom stereocenters. The van der Waals surface area contributed by atoms with Gasteiger partial charge in [0.15, 0.2) is 0 Å². The van der Waals surface area contributed by atoms with Gasteiger partial charge in [-0.2, -0.15) is 0 Å². The largest absolute Gasteiger partial charge is 0.325 e. The zero-order chi connectivity index (χ0) is 11.0. The molecule has 0 aromatic carbocycles. The highest BCUT2D eigenvalue weighted by Gasteiger charge is 2.36. The molecule has 0 amide bonds. The van der Waals surface area contributed by atoms with Crippen molar-refractivity contribution in [3.63, 3.8) is 0 Å². The summed E-state index contributed by atoms with van der Waals surface area (Å²) in [4.78, 5) is 7.55. The van der Waals surface area contributed by atoms with Crippen molar-refractivity contribution >= 4 is 8.40 Å². The predicted molar refractivity (Wildman–Crippen MR) is 67.9 cm³/mol. The van der Waals surface area contributed by atoms with Gasteiger partial charge in [-0.3, -0.25) is 0 Å². The van der Waals surface area contributed by atoms with Crippen LogP contribution in [0.15, 0.2) is 0 Å². The summed E-state index contributed by atoms with van der Waals surface area (Å²) >= 11 is 0. The molecule has 0 aromatic rings. The highest BCUT2D eigenvalue weighted by atomic mass is 28.3. The molecule has 0 aliphatic rings. The van der Waals surface area contributed by atoms with Crippen molar-refractivity contribution in [3.05, 3.63) is 0 Å². The van der Waals surface area contributed by atoms with Gasteiger partial charge in [0.2, 0.25) is 8.40 Å². The number of hydrogen-bond donors (Lipinski definition) is 2. The Bertz CT molecular complexity index is 122. The van der Waals surface area contributed by atoms with E-state index < -0.39 is 8.40 Å². The molecule has 0 saturated carbocycles. The van der Waals surface area contributed by atoms with Crippen LogP contribution in [0.1, 0.15) is 47.5 Å². The second-order valence-corrected chi connectivity index (χ2v) is 8.23. The van der Waals surface area contributed by atoms with Crippen molar-refractivity contribution in [1.82, 2.24) is 9.96 Å². The Labute approximate surface area is 91.0 Å². The Morgan fingerprint density at radius 2 is 1.50 bits per heavy atom. The SMILES string of the molecule is CCC[Si](NCC)(NCC)C(C)CC. The van der Waals surface area contributed by atoms with Gasteiger partial charge >= 0.3 is 0 Å². The summed E-state index contributed by atoms with van der Waals surface area (Å²) in [5.41, 5.74) is 0.822. The third-order valence-electron chi connectivity index (χ3n) is 3.08. The van der Waals surface area contributed by atoms with Gasteiger partial charge < -0.3 is 9.96 Å². The van der Waals surface area contributed by atoms with Crippen LogP contribution in [0.3, 0.4) is 0 Å². The lowest BCUT2D eigenvalue weighted by molar-refractivity contribution is 0.714. The minimum Gasteiger partial charge on any atom is -0.325 e. The molecular weight excluding hydrogens is 188 g/mol. The highest BCUT2D eigenvalue weighted by Crippen LogP contribution is 2.24. The minimum atomic E-state index is -1.40. The van der Waals surface area contributed by atoms with E-state index in [0.29, 0.717) is 0 Å². The monoisotopic (exact) mass is 216 g/mol. The summed E-state index contributed by atoms with van der Waals surface area (Å²) in [6, 6.07) is 1.35. The topological polar surface area (TPSA) is 24.1 Å². The Hall–Kier alpha value is 0.137. The van der Waals surface area contributed by atoms with E-state index in [1.54, 1.807) is 0 Å². The first-order valence-electron chi connectivity index (χ1n) is 6.16. The molecule has 0 aliphatic heterocycles. The molecule has 14 heavy (non-hydrogen) atoms. The lowest BCUT2D eigenvalue weighted by atomic mass is 10.4. The fraction of sp³-hybridized carbons (Fsp3) is 1.00. The summed E-state index contributed by atoms with van der Waals surface area (Å²) in [5, 5.41) is 0.